The number of halogens is 1. The van der Waals surface area contributed by atoms with Gasteiger partial charge in [-0.05, 0) is 0 Å². The monoisotopic (exact) mass is 248 g/mol. The van der Waals surface area contributed by atoms with E-state index in [1.807, 2.05) is 20.8 Å². The van der Waals surface area contributed by atoms with Gasteiger partial charge in [0.1, 0.15) is 6.61 Å². The molecule has 4 nitrogen and oxygen atoms in total. The van der Waals surface area contributed by atoms with Crippen molar-refractivity contribution in [2.75, 3.05) is 0 Å². The zero-order valence-corrected chi connectivity index (χ0v) is 10.4. The van der Waals surface area contributed by atoms with Crippen LogP contribution in [0.5, 0.6) is 0 Å². The quantitative estimate of drug-likeness (QED) is 0.836. The maximum absolute atomic E-state index is 11.4. The van der Waals surface area contributed by atoms with E-state index < -0.39 is 5.41 Å². The predicted molar refractivity (Wildman–Crippen MR) is 59.5 cm³/mol. The van der Waals surface area contributed by atoms with Gasteiger partial charge in [-0.25, -0.2) is 10.5 Å². The summed E-state index contributed by atoms with van der Waals surface area (Å²) < 4.78 is 0.468. The van der Waals surface area contributed by atoms with Crippen LogP contribution in [0.4, 0.5) is 0 Å². The van der Waals surface area contributed by atoms with Crippen molar-refractivity contribution in [3.05, 3.63) is 15.5 Å². The second-order valence-corrected chi connectivity index (χ2v) is 5.75. The van der Waals surface area contributed by atoms with E-state index in [-0.39, 0.29) is 12.5 Å². The molecule has 0 atom stereocenters. The SMILES string of the molecule is CC(C)(C)C(=O)NOCc1cnc(Cl)s1. The van der Waals surface area contributed by atoms with Crippen molar-refractivity contribution in [1.82, 2.24) is 10.5 Å². The van der Waals surface area contributed by atoms with Gasteiger partial charge in [0.15, 0.2) is 4.47 Å². The standard InChI is InChI=1S/C9H13ClN2O2S/c1-9(2,3)7(13)12-14-5-6-4-11-8(10)15-6/h4H,5H2,1-3H3,(H,12,13). The lowest BCUT2D eigenvalue weighted by Gasteiger charge is -2.16. The van der Waals surface area contributed by atoms with Crippen LogP contribution in [0, 0.1) is 5.41 Å². The molecule has 1 heterocycles. The summed E-state index contributed by atoms with van der Waals surface area (Å²) in [4.78, 5) is 21.1. The first kappa shape index (κ1) is 12.4. The number of hydroxylamine groups is 1. The molecule has 0 aliphatic rings. The average Bonchev–Trinajstić information content (AvgIpc) is 2.49. The summed E-state index contributed by atoms with van der Waals surface area (Å²) >= 11 is 6.96. The van der Waals surface area contributed by atoms with Crippen LogP contribution in [0.15, 0.2) is 6.20 Å². The Kier molecular flexibility index (Phi) is 4.07. The van der Waals surface area contributed by atoms with Crippen LogP contribution in [0.25, 0.3) is 0 Å². The predicted octanol–water partition coefficient (Wildman–Crippen LogP) is 2.39. The summed E-state index contributed by atoms with van der Waals surface area (Å²) in [6.45, 7) is 5.73. The first-order valence-corrected chi connectivity index (χ1v) is 5.61. The first-order chi connectivity index (χ1) is 6.89. The lowest BCUT2D eigenvalue weighted by Crippen LogP contribution is -2.34. The van der Waals surface area contributed by atoms with Gasteiger partial charge in [-0.2, -0.15) is 0 Å². The van der Waals surface area contributed by atoms with Crippen molar-refractivity contribution in [2.45, 2.75) is 27.4 Å². The molecule has 0 aromatic carbocycles. The molecule has 0 saturated heterocycles. The molecule has 0 saturated carbocycles. The molecule has 84 valence electrons. The minimum Gasteiger partial charge on any atom is -0.272 e. The van der Waals surface area contributed by atoms with Gasteiger partial charge in [0.2, 0.25) is 5.91 Å². The van der Waals surface area contributed by atoms with Crippen LogP contribution in [-0.4, -0.2) is 10.9 Å². The minimum atomic E-state index is -0.453. The van der Waals surface area contributed by atoms with E-state index >= 15 is 0 Å². The third-order valence-electron chi connectivity index (χ3n) is 1.59. The number of nitrogens with zero attached hydrogens (tertiary/aromatic N) is 1. The third-order valence-corrected chi connectivity index (χ3v) is 2.67. The number of hydrogen-bond donors (Lipinski definition) is 1. The maximum atomic E-state index is 11.4. The molecular weight excluding hydrogens is 236 g/mol. The van der Waals surface area contributed by atoms with E-state index in [4.69, 9.17) is 16.4 Å². The van der Waals surface area contributed by atoms with Crippen molar-refractivity contribution in [1.29, 1.82) is 0 Å². The Hall–Kier alpha value is -0.650. The highest BCUT2D eigenvalue weighted by atomic mass is 35.5. The molecule has 0 bridgehead atoms. The zero-order valence-electron chi connectivity index (χ0n) is 8.83. The van der Waals surface area contributed by atoms with Crippen molar-refractivity contribution in [2.24, 2.45) is 5.41 Å². The van der Waals surface area contributed by atoms with Crippen molar-refractivity contribution >= 4 is 28.8 Å². The number of rotatable bonds is 3. The number of thiazole rings is 1. The lowest BCUT2D eigenvalue weighted by molar-refractivity contribution is -0.142. The summed E-state index contributed by atoms with van der Waals surface area (Å²) in [6.07, 6.45) is 1.62. The number of hydrogen-bond acceptors (Lipinski definition) is 4. The van der Waals surface area contributed by atoms with Gasteiger partial charge in [0, 0.05) is 11.6 Å². The third kappa shape index (κ3) is 4.15. The molecule has 0 fully saturated rings. The average molecular weight is 249 g/mol. The zero-order chi connectivity index (χ0) is 11.5. The van der Waals surface area contributed by atoms with Crippen LogP contribution in [0.2, 0.25) is 4.47 Å². The van der Waals surface area contributed by atoms with E-state index in [0.717, 1.165) is 4.88 Å². The van der Waals surface area contributed by atoms with Crippen LogP contribution in [0.1, 0.15) is 25.6 Å². The van der Waals surface area contributed by atoms with Gasteiger partial charge in [0.25, 0.3) is 0 Å². The van der Waals surface area contributed by atoms with Gasteiger partial charge in [-0.15, -0.1) is 11.3 Å². The largest absolute Gasteiger partial charge is 0.272 e. The molecule has 15 heavy (non-hydrogen) atoms. The highest BCUT2D eigenvalue weighted by Gasteiger charge is 2.21. The Balaban J connectivity index is 2.31. The van der Waals surface area contributed by atoms with E-state index in [1.54, 1.807) is 6.20 Å². The fraction of sp³-hybridized carbons (Fsp3) is 0.556. The lowest BCUT2D eigenvalue weighted by atomic mass is 9.96. The Morgan fingerprint density at radius 3 is 2.80 bits per heavy atom. The molecule has 0 spiro atoms. The van der Waals surface area contributed by atoms with Gasteiger partial charge in [-0.1, -0.05) is 32.4 Å². The van der Waals surface area contributed by atoms with Crippen LogP contribution in [-0.2, 0) is 16.2 Å². The number of aromatic nitrogens is 1. The molecule has 1 aromatic rings. The van der Waals surface area contributed by atoms with Gasteiger partial charge < -0.3 is 0 Å². The number of carbonyl (C=O) groups is 1. The van der Waals surface area contributed by atoms with Crippen molar-refractivity contribution in [3.8, 4) is 0 Å². The Morgan fingerprint density at radius 2 is 2.33 bits per heavy atom. The van der Waals surface area contributed by atoms with E-state index in [0.29, 0.717) is 4.47 Å². The summed E-state index contributed by atoms with van der Waals surface area (Å²) in [5.74, 6) is -0.155. The Labute approximate surface area is 97.6 Å². The molecular formula is C9H13ClN2O2S. The van der Waals surface area contributed by atoms with Crippen molar-refractivity contribution in [3.63, 3.8) is 0 Å². The maximum Gasteiger partial charge on any atom is 0.248 e. The van der Waals surface area contributed by atoms with E-state index in [2.05, 4.69) is 10.5 Å². The topological polar surface area (TPSA) is 51.2 Å². The van der Waals surface area contributed by atoms with Crippen LogP contribution < -0.4 is 5.48 Å². The van der Waals surface area contributed by atoms with Gasteiger partial charge in [-0.3, -0.25) is 9.63 Å². The fourth-order valence-electron chi connectivity index (χ4n) is 0.676. The molecule has 1 amide bonds. The van der Waals surface area contributed by atoms with E-state index in [9.17, 15) is 4.79 Å². The van der Waals surface area contributed by atoms with Gasteiger partial charge in [0.05, 0.1) is 4.88 Å². The number of nitrogens with one attached hydrogen (secondary N) is 1. The molecule has 1 N–H and O–H groups in total. The minimum absolute atomic E-state index is 0.155. The van der Waals surface area contributed by atoms with Crippen LogP contribution >= 0.6 is 22.9 Å². The summed E-state index contributed by atoms with van der Waals surface area (Å²) in [5.41, 5.74) is 1.92. The molecule has 6 heteroatoms. The molecule has 0 radical (unpaired) electrons. The Bertz CT molecular complexity index is 346. The normalized spacial score (nSPS) is 11.5. The number of carbonyl (C=O) groups excluding carboxylic acids is 1. The van der Waals surface area contributed by atoms with Crippen LogP contribution in [0.3, 0.4) is 0 Å². The summed E-state index contributed by atoms with van der Waals surface area (Å²) in [7, 11) is 0. The molecule has 0 aliphatic carbocycles. The van der Waals surface area contributed by atoms with Crippen molar-refractivity contribution < 1.29 is 9.63 Å². The first-order valence-electron chi connectivity index (χ1n) is 4.42. The smallest absolute Gasteiger partial charge is 0.248 e. The molecule has 0 aliphatic heterocycles. The fourth-order valence-corrected chi connectivity index (χ4v) is 1.57. The highest BCUT2D eigenvalue weighted by Crippen LogP contribution is 2.18. The highest BCUT2D eigenvalue weighted by molar-refractivity contribution is 7.15. The van der Waals surface area contributed by atoms with E-state index in [1.165, 1.54) is 11.3 Å². The number of amides is 1. The van der Waals surface area contributed by atoms with Gasteiger partial charge >= 0.3 is 0 Å². The second-order valence-electron chi connectivity index (χ2n) is 4.05. The Morgan fingerprint density at radius 1 is 1.67 bits per heavy atom. The molecule has 0 unspecified atom stereocenters. The second kappa shape index (κ2) is 4.92. The molecule has 1 rings (SSSR count). The molecule has 1 aromatic heterocycles. The summed E-state index contributed by atoms with van der Waals surface area (Å²) in [5, 5.41) is 0. The summed E-state index contributed by atoms with van der Waals surface area (Å²) in [6, 6.07) is 0.